The quantitative estimate of drug-likeness (QED) is 0.882. The molecule has 3 heteroatoms. The zero-order valence-electron chi connectivity index (χ0n) is 13.5. The van der Waals surface area contributed by atoms with Crippen LogP contribution in [0.4, 0.5) is 0 Å². The summed E-state index contributed by atoms with van der Waals surface area (Å²) in [4.78, 5) is 12.4. The molecule has 0 saturated heterocycles. The fourth-order valence-electron chi connectivity index (χ4n) is 2.51. The van der Waals surface area contributed by atoms with E-state index in [0.29, 0.717) is 17.9 Å². The van der Waals surface area contributed by atoms with Gasteiger partial charge in [0.2, 0.25) is 0 Å². The summed E-state index contributed by atoms with van der Waals surface area (Å²) >= 11 is 0. The summed E-state index contributed by atoms with van der Waals surface area (Å²) in [5, 5.41) is 3.00. The third kappa shape index (κ3) is 3.67. The number of benzene rings is 2. The van der Waals surface area contributed by atoms with E-state index in [1.165, 1.54) is 16.7 Å². The largest absolute Gasteiger partial charge is 0.496 e. The van der Waals surface area contributed by atoms with Crippen LogP contribution in [0.5, 0.6) is 5.75 Å². The van der Waals surface area contributed by atoms with E-state index in [0.717, 1.165) is 12.8 Å². The molecule has 2 aromatic carbocycles. The first kappa shape index (κ1) is 16.1. The van der Waals surface area contributed by atoms with Gasteiger partial charge in [-0.1, -0.05) is 44.2 Å². The number of amides is 1. The first-order valence-corrected chi connectivity index (χ1v) is 7.71. The van der Waals surface area contributed by atoms with Crippen LogP contribution < -0.4 is 10.1 Å². The van der Waals surface area contributed by atoms with Crippen molar-refractivity contribution < 1.29 is 9.53 Å². The van der Waals surface area contributed by atoms with Crippen LogP contribution in [0.1, 0.15) is 40.9 Å². The Kier molecular flexibility index (Phi) is 5.59. The SMILES string of the molecule is CCc1ccc(CC)c(CNC(=O)c2ccccc2OC)c1. The highest BCUT2D eigenvalue weighted by molar-refractivity contribution is 5.96. The molecule has 0 heterocycles. The van der Waals surface area contributed by atoms with Crippen LogP contribution in [-0.2, 0) is 19.4 Å². The highest BCUT2D eigenvalue weighted by Crippen LogP contribution is 2.18. The van der Waals surface area contributed by atoms with Crippen molar-refractivity contribution in [3.05, 3.63) is 64.7 Å². The van der Waals surface area contributed by atoms with E-state index in [2.05, 4.69) is 37.4 Å². The smallest absolute Gasteiger partial charge is 0.255 e. The lowest BCUT2D eigenvalue weighted by atomic mass is 10.0. The second-order valence-corrected chi connectivity index (χ2v) is 5.19. The molecular formula is C19H23NO2. The van der Waals surface area contributed by atoms with Gasteiger partial charge in [0.25, 0.3) is 5.91 Å². The minimum atomic E-state index is -0.110. The number of para-hydroxylation sites is 1. The molecule has 0 aliphatic carbocycles. The summed E-state index contributed by atoms with van der Waals surface area (Å²) in [6.07, 6.45) is 1.96. The molecular weight excluding hydrogens is 274 g/mol. The number of methoxy groups -OCH3 is 1. The standard InChI is InChI=1S/C19H23NO2/c1-4-14-10-11-15(5-2)16(12-14)13-20-19(21)17-8-6-7-9-18(17)22-3/h6-12H,4-5,13H2,1-3H3,(H,20,21). The zero-order chi connectivity index (χ0) is 15.9. The molecule has 0 atom stereocenters. The number of ether oxygens (including phenoxy) is 1. The topological polar surface area (TPSA) is 38.3 Å². The Bertz CT molecular complexity index is 650. The number of hydrogen-bond donors (Lipinski definition) is 1. The monoisotopic (exact) mass is 297 g/mol. The molecule has 1 amide bonds. The summed E-state index contributed by atoms with van der Waals surface area (Å²) in [6, 6.07) is 13.8. The highest BCUT2D eigenvalue weighted by atomic mass is 16.5. The molecule has 0 unspecified atom stereocenters. The summed E-state index contributed by atoms with van der Waals surface area (Å²) in [5.74, 6) is 0.486. The average molecular weight is 297 g/mol. The Morgan fingerprint density at radius 3 is 2.50 bits per heavy atom. The molecule has 0 aliphatic rings. The third-order valence-electron chi connectivity index (χ3n) is 3.85. The first-order valence-electron chi connectivity index (χ1n) is 7.71. The number of rotatable bonds is 6. The molecule has 0 radical (unpaired) electrons. The predicted octanol–water partition coefficient (Wildman–Crippen LogP) is 3.75. The van der Waals surface area contributed by atoms with E-state index in [9.17, 15) is 4.79 Å². The van der Waals surface area contributed by atoms with Crippen molar-refractivity contribution in [1.29, 1.82) is 0 Å². The second kappa shape index (κ2) is 7.64. The highest BCUT2D eigenvalue weighted by Gasteiger charge is 2.11. The molecule has 0 bridgehead atoms. The lowest BCUT2D eigenvalue weighted by molar-refractivity contribution is 0.0948. The van der Waals surface area contributed by atoms with E-state index in [-0.39, 0.29) is 5.91 Å². The molecule has 0 saturated carbocycles. The molecule has 0 spiro atoms. The van der Waals surface area contributed by atoms with Gasteiger partial charge in [-0.05, 0) is 41.7 Å². The van der Waals surface area contributed by atoms with E-state index < -0.39 is 0 Å². The van der Waals surface area contributed by atoms with Gasteiger partial charge in [-0.2, -0.15) is 0 Å². The Morgan fingerprint density at radius 1 is 1.05 bits per heavy atom. The summed E-state index contributed by atoms with van der Waals surface area (Å²) < 4.78 is 5.24. The van der Waals surface area contributed by atoms with Crippen LogP contribution in [-0.4, -0.2) is 13.0 Å². The van der Waals surface area contributed by atoms with Gasteiger partial charge < -0.3 is 10.1 Å². The molecule has 1 N–H and O–H groups in total. The second-order valence-electron chi connectivity index (χ2n) is 5.19. The Hall–Kier alpha value is -2.29. The van der Waals surface area contributed by atoms with Crippen molar-refractivity contribution in [2.24, 2.45) is 0 Å². The van der Waals surface area contributed by atoms with Crippen LogP contribution in [0, 0.1) is 0 Å². The molecule has 0 aliphatic heterocycles. The van der Waals surface area contributed by atoms with Gasteiger partial charge in [0.15, 0.2) is 0 Å². The minimum Gasteiger partial charge on any atom is -0.496 e. The fraction of sp³-hybridized carbons (Fsp3) is 0.316. The molecule has 116 valence electrons. The lowest BCUT2D eigenvalue weighted by Gasteiger charge is -2.12. The van der Waals surface area contributed by atoms with Crippen LogP contribution in [0.2, 0.25) is 0 Å². The molecule has 0 aromatic heterocycles. The van der Waals surface area contributed by atoms with Crippen molar-refractivity contribution in [3.8, 4) is 5.75 Å². The maximum Gasteiger partial charge on any atom is 0.255 e. The molecule has 3 nitrogen and oxygen atoms in total. The number of nitrogens with one attached hydrogen (secondary N) is 1. The van der Waals surface area contributed by atoms with Crippen LogP contribution in [0.25, 0.3) is 0 Å². The lowest BCUT2D eigenvalue weighted by Crippen LogP contribution is -2.24. The van der Waals surface area contributed by atoms with E-state index in [4.69, 9.17) is 4.74 Å². The third-order valence-corrected chi connectivity index (χ3v) is 3.85. The molecule has 22 heavy (non-hydrogen) atoms. The van der Waals surface area contributed by atoms with Gasteiger partial charge in [-0.15, -0.1) is 0 Å². The Morgan fingerprint density at radius 2 is 1.82 bits per heavy atom. The summed E-state index contributed by atoms with van der Waals surface area (Å²) in [6.45, 7) is 4.80. The predicted molar refractivity (Wildman–Crippen MR) is 89.4 cm³/mol. The maximum absolute atomic E-state index is 12.4. The summed E-state index contributed by atoms with van der Waals surface area (Å²) in [5.41, 5.74) is 4.32. The van der Waals surface area contributed by atoms with E-state index >= 15 is 0 Å². The Balaban J connectivity index is 2.14. The van der Waals surface area contributed by atoms with Crippen molar-refractivity contribution in [2.75, 3.05) is 7.11 Å². The molecule has 2 rings (SSSR count). The van der Waals surface area contributed by atoms with Gasteiger partial charge in [-0.25, -0.2) is 0 Å². The van der Waals surface area contributed by atoms with Gasteiger partial charge in [-0.3, -0.25) is 4.79 Å². The van der Waals surface area contributed by atoms with E-state index in [1.54, 1.807) is 19.2 Å². The van der Waals surface area contributed by atoms with Crippen molar-refractivity contribution in [2.45, 2.75) is 33.2 Å². The number of aryl methyl sites for hydroxylation is 2. The van der Waals surface area contributed by atoms with Gasteiger partial charge in [0.1, 0.15) is 5.75 Å². The number of hydrogen-bond acceptors (Lipinski definition) is 2. The summed E-state index contributed by atoms with van der Waals surface area (Å²) in [7, 11) is 1.58. The number of carbonyl (C=O) groups excluding carboxylic acids is 1. The first-order chi connectivity index (χ1) is 10.7. The zero-order valence-corrected chi connectivity index (χ0v) is 13.5. The Labute approximate surface area is 132 Å². The van der Waals surface area contributed by atoms with Crippen molar-refractivity contribution in [1.82, 2.24) is 5.32 Å². The van der Waals surface area contributed by atoms with Gasteiger partial charge in [0.05, 0.1) is 12.7 Å². The van der Waals surface area contributed by atoms with Crippen LogP contribution in [0.15, 0.2) is 42.5 Å². The van der Waals surface area contributed by atoms with Gasteiger partial charge >= 0.3 is 0 Å². The normalized spacial score (nSPS) is 10.3. The molecule has 2 aromatic rings. The fourth-order valence-corrected chi connectivity index (χ4v) is 2.51. The number of carbonyl (C=O) groups is 1. The average Bonchev–Trinajstić information content (AvgIpc) is 2.59. The van der Waals surface area contributed by atoms with Gasteiger partial charge in [0, 0.05) is 6.54 Å². The van der Waals surface area contributed by atoms with Crippen LogP contribution >= 0.6 is 0 Å². The van der Waals surface area contributed by atoms with Crippen molar-refractivity contribution in [3.63, 3.8) is 0 Å². The maximum atomic E-state index is 12.4. The van der Waals surface area contributed by atoms with Crippen molar-refractivity contribution >= 4 is 5.91 Å². The molecule has 0 fully saturated rings. The minimum absolute atomic E-state index is 0.110. The van der Waals surface area contributed by atoms with E-state index in [1.807, 2.05) is 12.1 Å². The van der Waals surface area contributed by atoms with Crippen LogP contribution in [0.3, 0.4) is 0 Å².